The van der Waals surface area contributed by atoms with E-state index in [1.807, 2.05) is 33.8 Å². The molecule has 0 aromatic rings. The van der Waals surface area contributed by atoms with Gasteiger partial charge in [0.05, 0.1) is 6.26 Å². The van der Waals surface area contributed by atoms with Crippen molar-refractivity contribution in [1.29, 1.82) is 0 Å². The number of hydrogen-bond acceptors (Lipinski definition) is 2. The van der Waals surface area contributed by atoms with Crippen LogP contribution in [-0.2, 0) is 9.53 Å². The molecule has 14 heavy (non-hydrogen) atoms. The highest BCUT2D eigenvalue weighted by Gasteiger charge is 2.30. The van der Waals surface area contributed by atoms with Gasteiger partial charge in [-0.15, -0.1) is 0 Å². The number of hydrogen-bond donors (Lipinski definition) is 0. The van der Waals surface area contributed by atoms with Gasteiger partial charge in [0.1, 0.15) is 0 Å². The predicted octanol–water partition coefficient (Wildman–Crippen LogP) is 2.39. The molecule has 3 heteroatoms. The van der Waals surface area contributed by atoms with Gasteiger partial charge in [0.15, 0.2) is 6.23 Å². The first-order valence-electron chi connectivity index (χ1n) is 4.80. The Morgan fingerprint density at radius 3 is 2.21 bits per heavy atom. The number of carbonyl (C=O) groups excluding carboxylic acids is 1. The molecule has 0 aliphatic carbocycles. The SMILES string of the molecule is C/C=C/OC(N(C)C(C)=O)C(C)(C)C. The minimum atomic E-state index is -0.226. The fourth-order valence-corrected chi connectivity index (χ4v) is 1.19. The lowest BCUT2D eigenvalue weighted by Crippen LogP contribution is -2.45. The fraction of sp³-hybridized carbons (Fsp3) is 0.727. The average Bonchev–Trinajstić information content (AvgIpc) is 2.02. The maximum absolute atomic E-state index is 11.2. The summed E-state index contributed by atoms with van der Waals surface area (Å²) >= 11 is 0. The van der Waals surface area contributed by atoms with E-state index in [1.165, 1.54) is 6.92 Å². The smallest absolute Gasteiger partial charge is 0.222 e. The van der Waals surface area contributed by atoms with Crippen molar-refractivity contribution >= 4 is 5.91 Å². The Morgan fingerprint density at radius 1 is 1.43 bits per heavy atom. The Labute approximate surface area is 86.7 Å². The summed E-state index contributed by atoms with van der Waals surface area (Å²) < 4.78 is 5.50. The first kappa shape index (κ1) is 13.0. The van der Waals surface area contributed by atoms with Gasteiger partial charge in [0.2, 0.25) is 5.91 Å². The molecule has 0 aliphatic heterocycles. The van der Waals surface area contributed by atoms with Crippen LogP contribution in [0.1, 0.15) is 34.6 Å². The van der Waals surface area contributed by atoms with Crippen molar-refractivity contribution in [2.45, 2.75) is 40.8 Å². The van der Waals surface area contributed by atoms with E-state index in [0.717, 1.165) is 0 Å². The zero-order valence-electron chi connectivity index (χ0n) is 10.00. The van der Waals surface area contributed by atoms with Crippen molar-refractivity contribution in [3.8, 4) is 0 Å². The van der Waals surface area contributed by atoms with Crippen molar-refractivity contribution in [3.05, 3.63) is 12.3 Å². The largest absolute Gasteiger partial charge is 0.478 e. The number of ether oxygens (including phenoxy) is 1. The summed E-state index contributed by atoms with van der Waals surface area (Å²) in [5.74, 6) is 0.00873. The molecular weight excluding hydrogens is 178 g/mol. The van der Waals surface area contributed by atoms with E-state index < -0.39 is 0 Å². The first-order valence-corrected chi connectivity index (χ1v) is 4.80. The molecule has 0 aromatic heterocycles. The molecule has 0 heterocycles. The quantitative estimate of drug-likeness (QED) is 0.516. The Kier molecular flexibility index (Phi) is 4.68. The minimum absolute atomic E-state index is 0.00873. The summed E-state index contributed by atoms with van der Waals surface area (Å²) in [4.78, 5) is 12.8. The van der Waals surface area contributed by atoms with E-state index in [4.69, 9.17) is 4.74 Å². The van der Waals surface area contributed by atoms with Crippen LogP contribution in [0, 0.1) is 5.41 Å². The fourth-order valence-electron chi connectivity index (χ4n) is 1.19. The third-order valence-electron chi connectivity index (χ3n) is 1.93. The Bertz CT molecular complexity index is 216. The van der Waals surface area contributed by atoms with Crippen LogP contribution in [-0.4, -0.2) is 24.1 Å². The minimum Gasteiger partial charge on any atom is -0.478 e. The molecule has 1 amide bonds. The lowest BCUT2D eigenvalue weighted by molar-refractivity contribution is -0.145. The molecule has 0 rings (SSSR count). The summed E-state index contributed by atoms with van der Waals surface area (Å²) in [5.41, 5.74) is -0.0973. The zero-order valence-corrected chi connectivity index (χ0v) is 10.00. The van der Waals surface area contributed by atoms with Crippen LogP contribution in [0.15, 0.2) is 12.3 Å². The van der Waals surface area contributed by atoms with Gasteiger partial charge in [-0.05, 0) is 6.92 Å². The first-order chi connectivity index (χ1) is 6.30. The summed E-state index contributed by atoms with van der Waals surface area (Å²) in [6.45, 7) is 9.55. The molecule has 82 valence electrons. The molecule has 0 fully saturated rings. The lowest BCUT2D eigenvalue weighted by Gasteiger charge is -2.36. The van der Waals surface area contributed by atoms with Crippen molar-refractivity contribution in [3.63, 3.8) is 0 Å². The van der Waals surface area contributed by atoms with E-state index in [0.29, 0.717) is 0 Å². The van der Waals surface area contributed by atoms with E-state index in [9.17, 15) is 4.79 Å². The molecular formula is C11H21NO2. The Hall–Kier alpha value is -0.990. The molecule has 0 saturated carbocycles. The standard InChI is InChI=1S/C11H21NO2/c1-7-8-14-10(11(3,4)5)12(6)9(2)13/h7-8,10H,1-6H3/b8-7+. The molecule has 1 unspecified atom stereocenters. The van der Waals surface area contributed by atoms with Crippen LogP contribution in [0.3, 0.4) is 0 Å². The van der Waals surface area contributed by atoms with E-state index >= 15 is 0 Å². The number of rotatable bonds is 3. The molecule has 0 aliphatic rings. The number of allylic oxidation sites excluding steroid dienone is 1. The van der Waals surface area contributed by atoms with Gasteiger partial charge < -0.3 is 9.64 Å². The van der Waals surface area contributed by atoms with Gasteiger partial charge in [-0.3, -0.25) is 4.79 Å². The summed E-state index contributed by atoms with van der Waals surface area (Å²) in [6, 6.07) is 0. The van der Waals surface area contributed by atoms with Crippen LogP contribution in [0.4, 0.5) is 0 Å². The molecule has 0 aromatic carbocycles. The maximum Gasteiger partial charge on any atom is 0.222 e. The van der Waals surface area contributed by atoms with Crippen molar-refractivity contribution in [1.82, 2.24) is 4.90 Å². The zero-order chi connectivity index (χ0) is 11.4. The van der Waals surface area contributed by atoms with Gasteiger partial charge in [-0.25, -0.2) is 0 Å². The predicted molar refractivity (Wildman–Crippen MR) is 57.6 cm³/mol. The monoisotopic (exact) mass is 199 g/mol. The number of amides is 1. The molecule has 3 nitrogen and oxygen atoms in total. The van der Waals surface area contributed by atoms with Gasteiger partial charge in [-0.2, -0.15) is 0 Å². The number of carbonyl (C=O) groups is 1. The molecule has 1 atom stereocenters. The van der Waals surface area contributed by atoms with Gasteiger partial charge in [0.25, 0.3) is 0 Å². The van der Waals surface area contributed by atoms with Crippen molar-refractivity contribution < 1.29 is 9.53 Å². The average molecular weight is 199 g/mol. The second kappa shape index (κ2) is 5.03. The second-order valence-electron chi connectivity index (χ2n) is 4.45. The summed E-state index contributed by atoms with van der Waals surface area (Å²) in [6.07, 6.45) is 3.21. The Balaban J connectivity index is 4.63. The third kappa shape index (κ3) is 3.81. The van der Waals surface area contributed by atoms with Crippen LogP contribution in [0.25, 0.3) is 0 Å². The highest BCUT2D eigenvalue weighted by atomic mass is 16.5. The normalized spacial score (nSPS) is 14.1. The van der Waals surface area contributed by atoms with Gasteiger partial charge in [0, 0.05) is 19.4 Å². The van der Waals surface area contributed by atoms with E-state index in [2.05, 4.69) is 0 Å². The maximum atomic E-state index is 11.2. The highest BCUT2D eigenvalue weighted by molar-refractivity contribution is 5.73. The third-order valence-corrected chi connectivity index (χ3v) is 1.93. The molecule has 0 bridgehead atoms. The van der Waals surface area contributed by atoms with Crippen molar-refractivity contribution in [2.24, 2.45) is 5.41 Å². The molecule has 0 saturated heterocycles. The van der Waals surface area contributed by atoms with Crippen LogP contribution < -0.4 is 0 Å². The van der Waals surface area contributed by atoms with Crippen molar-refractivity contribution in [2.75, 3.05) is 7.05 Å². The van der Waals surface area contributed by atoms with E-state index in [-0.39, 0.29) is 17.6 Å². The molecule has 0 N–H and O–H groups in total. The highest BCUT2D eigenvalue weighted by Crippen LogP contribution is 2.24. The summed E-state index contributed by atoms with van der Waals surface area (Å²) in [7, 11) is 1.75. The number of nitrogens with zero attached hydrogens (tertiary/aromatic N) is 1. The Morgan fingerprint density at radius 2 is 1.93 bits per heavy atom. The van der Waals surface area contributed by atoms with Gasteiger partial charge >= 0.3 is 0 Å². The second-order valence-corrected chi connectivity index (χ2v) is 4.45. The van der Waals surface area contributed by atoms with E-state index in [1.54, 1.807) is 18.2 Å². The van der Waals surface area contributed by atoms with Crippen LogP contribution in [0.5, 0.6) is 0 Å². The molecule has 0 radical (unpaired) electrons. The molecule has 0 spiro atoms. The lowest BCUT2D eigenvalue weighted by atomic mass is 9.93. The topological polar surface area (TPSA) is 29.5 Å². The van der Waals surface area contributed by atoms with Crippen LogP contribution >= 0.6 is 0 Å². The van der Waals surface area contributed by atoms with Crippen LogP contribution in [0.2, 0.25) is 0 Å². The summed E-state index contributed by atoms with van der Waals surface area (Å²) in [5, 5.41) is 0. The van der Waals surface area contributed by atoms with Gasteiger partial charge in [-0.1, -0.05) is 26.8 Å².